The van der Waals surface area contributed by atoms with Gasteiger partial charge in [-0.2, -0.15) is 13.2 Å². The van der Waals surface area contributed by atoms with Gasteiger partial charge in [-0.05, 0) is 29.5 Å². The standard InChI is InChI=1S/C15H18F3NO4S/c1-13(2,3)14(9-23-24(22)19(14)12(20)21)8-10-4-6-11(7-5-10)15(16,17)18/h4-7H,8-9H2,1-3H3,(H,20,21)/p-1/t14?,24-/m1/s1. The smallest absolute Gasteiger partial charge is 0.416 e. The minimum Gasteiger partial charge on any atom is -0.529 e. The minimum atomic E-state index is -4.45. The van der Waals surface area contributed by atoms with Gasteiger partial charge in [0, 0.05) is 0 Å². The van der Waals surface area contributed by atoms with E-state index in [4.69, 9.17) is 4.18 Å². The van der Waals surface area contributed by atoms with Gasteiger partial charge in [-0.15, -0.1) is 0 Å². The first-order chi connectivity index (χ1) is 10.9. The summed E-state index contributed by atoms with van der Waals surface area (Å²) in [5, 5.41) is 11.4. The minimum absolute atomic E-state index is 0.0500. The molecule has 2 atom stereocenters. The third-order valence-corrected chi connectivity index (χ3v) is 5.39. The summed E-state index contributed by atoms with van der Waals surface area (Å²) in [5.74, 6) is 0. The highest BCUT2D eigenvalue weighted by Gasteiger charge is 2.54. The maximum Gasteiger partial charge on any atom is 0.416 e. The van der Waals surface area contributed by atoms with Gasteiger partial charge in [-0.25, -0.2) is 8.51 Å². The van der Waals surface area contributed by atoms with Crippen molar-refractivity contribution in [2.75, 3.05) is 6.61 Å². The molecule has 1 aliphatic heterocycles. The second-order valence-electron chi connectivity index (χ2n) is 6.69. The third kappa shape index (κ3) is 3.27. The molecule has 0 radical (unpaired) electrons. The lowest BCUT2D eigenvalue weighted by Gasteiger charge is -2.46. The van der Waals surface area contributed by atoms with E-state index >= 15 is 0 Å². The molecule has 0 bridgehead atoms. The average molecular weight is 364 g/mol. The fourth-order valence-corrected chi connectivity index (χ4v) is 3.90. The molecule has 1 aromatic rings. The predicted molar refractivity (Wildman–Crippen MR) is 78.7 cm³/mol. The van der Waals surface area contributed by atoms with E-state index < -0.39 is 40.1 Å². The molecule has 5 nitrogen and oxygen atoms in total. The van der Waals surface area contributed by atoms with Crippen LogP contribution >= 0.6 is 0 Å². The van der Waals surface area contributed by atoms with Crippen LogP contribution in [0.2, 0.25) is 0 Å². The summed E-state index contributed by atoms with van der Waals surface area (Å²) in [5.41, 5.74) is -2.22. The van der Waals surface area contributed by atoms with Crippen molar-refractivity contribution in [3.63, 3.8) is 0 Å². The molecular formula is C15H17F3NO4S-. The van der Waals surface area contributed by atoms with E-state index in [1.165, 1.54) is 12.1 Å². The average Bonchev–Trinajstić information content (AvgIpc) is 2.76. The molecule has 0 N–H and O–H groups in total. The molecule has 1 aliphatic rings. The van der Waals surface area contributed by atoms with Crippen LogP contribution in [0.15, 0.2) is 24.3 Å². The van der Waals surface area contributed by atoms with Gasteiger partial charge >= 0.3 is 6.18 Å². The number of benzene rings is 1. The summed E-state index contributed by atoms with van der Waals surface area (Å²) >= 11 is -2.21. The lowest BCUT2D eigenvalue weighted by Crippen LogP contribution is -2.61. The highest BCUT2D eigenvalue weighted by Crippen LogP contribution is 2.43. The first-order valence-electron chi connectivity index (χ1n) is 7.11. The van der Waals surface area contributed by atoms with Crippen LogP contribution in [0.5, 0.6) is 0 Å². The Labute approximate surface area is 140 Å². The molecule has 1 unspecified atom stereocenters. The van der Waals surface area contributed by atoms with Gasteiger partial charge in [0.25, 0.3) is 11.3 Å². The first-order valence-corrected chi connectivity index (χ1v) is 8.14. The number of carbonyl (C=O) groups is 1. The van der Waals surface area contributed by atoms with E-state index in [1.807, 2.05) is 0 Å². The van der Waals surface area contributed by atoms with Gasteiger partial charge in [-0.3, -0.25) is 4.18 Å². The van der Waals surface area contributed by atoms with E-state index in [0.29, 0.717) is 9.87 Å². The maximum absolute atomic E-state index is 12.7. The van der Waals surface area contributed by atoms with E-state index in [1.54, 1.807) is 20.8 Å². The van der Waals surface area contributed by atoms with Crippen molar-refractivity contribution in [1.82, 2.24) is 4.31 Å². The molecule has 24 heavy (non-hydrogen) atoms. The maximum atomic E-state index is 12.7. The van der Waals surface area contributed by atoms with Gasteiger partial charge in [0.15, 0.2) is 6.09 Å². The zero-order chi connectivity index (χ0) is 18.3. The fourth-order valence-electron chi connectivity index (χ4n) is 2.70. The lowest BCUT2D eigenvalue weighted by atomic mass is 9.70. The molecule has 1 heterocycles. The fraction of sp³-hybridized carbons (Fsp3) is 0.533. The zero-order valence-corrected chi connectivity index (χ0v) is 14.2. The summed E-state index contributed by atoms with van der Waals surface area (Å²) in [6.45, 7) is 5.11. The van der Waals surface area contributed by atoms with Crippen LogP contribution in [0, 0.1) is 5.41 Å². The number of carboxylic acid groups (broad SMARTS) is 1. The van der Waals surface area contributed by atoms with Crippen LogP contribution in [0.4, 0.5) is 18.0 Å². The quantitative estimate of drug-likeness (QED) is 0.807. The highest BCUT2D eigenvalue weighted by atomic mass is 32.2. The Morgan fingerprint density at radius 1 is 1.29 bits per heavy atom. The second-order valence-corrected chi connectivity index (χ2v) is 7.73. The molecule has 2 rings (SSSR count). The number of hydrogen-bond donors (Lipinski definition) is 0. The Hall–Kier alpha value is -1.61. The molecule has 0 spiro atoms. The normalized spacial score (nSPS) is 25.1. The van der Waals surface area contributed by atoms with E-state index in [9.17, 15) is 27.3 Å². The van der Waals surface area contributed by atoms with Crippen molar-refractivity contribution >= 4 is 17.4 Å². The van der Waals surface area contributed by atoms with Crippen molar-refractivity contribution in [2.24, 2.45) is 5.41 Å². The van der Waals surface area contributed by atoms with Crippen molar-refractivity contribution in [2.45, 2.75) is 38.9 Å². The lowest BCUT2D eigenvalue weighted by molar-refractivity contribution is -0.265. The molecule has 1 amide bonds. The Morgan fingerprint density at radius 2 is 1.83 bits per heavy atom. The molecule has 1 aromatic carbocycles. The SMILES string of the molecule is CC(C)(C)C1(Cc2ccc(C(F)(F)F)cc2)CO[S@@](=O)N1C(=O)[O-]. The van der Waals surface area contributed by atoms with Crippen LogP contribution in [-0.4, -0.2) is 26.8 Å². The molecular weight excluding hydrogens is 347 g/mol. The summed E-state index contributed by atoms with van der Waals surface area (Å²) in [4.78, 5) is 11.4. The number of halogens is 3. The van der Waals surface area contributed by atoms with Crippen LogP contribution in [0.25, 0.3) is 0 Å². The number of hydrogen-bond acceptors (Lipinski definition) is 4. The van der Waals surface area contributed by atoms with E-state index in [2.05, 4.69) is 0 Å². The Kier molecular flexibility index (Phi) is 4.71. The van der Waals surface area contributed by atoms with E-state index in [0.717, 1.165) is 12.1 Å². The van der Waals surface area contributed by atoms with Crippen LogP contribution in [0.3, 0.4) is 0 Å². The van der Waals surface area contributed by atoms with Gasteiger partial charge in [0.2, 0.25) is 0 Å². The molecule has 1 fully saturated rings. The third-order valence-electron chi connectivity index (χ3n) is 4.28. The number of alkyl halides is 3. The molecule has 0 saturated carbocycles. The predicted octanol–water partition coefficient (Wildman–Crippen LogP) is 2.29. The van der Waals surface area contributed by atoms with Gasteiger partial charge in [0.1, 0.15) is 0 Å². The van der Waals surface area contributed by atoms with Crippen LogP contribution in [-0.2, 0) is 28.0 Å². The largest absolute Gasteiger partial charge is 0.529 e. The van der Waals surface area contributed by atoms with E-state index in [-0.39, 0.29) is 13.0 Å². The molecule has 0 aromatic heterocycles. The van der Waals surface area contributed by atoms with Gasteiger partial charge < -0.3 is 9.90 Å². The first kappa shape index (κ1) is 18.7. The molecule has 9 heteroatoms. The molecule has 1 saturated heterocycles. The molecule has 0 aliphatic carbocycles. The number of carbonyl (C=O) groups excluding carboxylic acids is 1. The Morgan fingerprint density at radius 3 is 2.25 bits per heavy atom. The summed E-state index contributed by atoms with van der Waals surface area (Å²) < 4.78 is 55.5. The number of nitrogens with zero attached hydrogens (tertiary/aromatic N) is 1. The van der Waals surface area contributed by atoms with Crippen LogP contribution in [0.1, 0.15) is 31.9 Å². The summed E-state index contributed by atoms with van der Waals surface area (Å²) in [6.07, 6.45) is -6.04. The summed E-state index contributed by atoms with van der Waals surface area (Å²) in [6, 6.07) is 4.43. The van der Waals surface area contributed by atoms with Crippen molar-refractivity contribution in [1.29, 1.82) is 0 Å². The summed E-state index contributed by atoms with van der Waals surface area (Å²) in [7, 11) is 0. The monoisotopic (exact) mass is 364 g/mol. The van der Waals surface area contributed by atoms with Crippen molar-refractivity contribution < 1.29 is 31.5 Å². The zero-order valence-electron chi connectivity index (χ0n) is 13.3. The Bertz CT molecular complexity index is 654. The second kappa shape index (κ2) is 6.03. The highest BCUT2D eigenvalue weighted by molar-refractivity contribution is 7.78. The van der Waals surface area contributed by atoms with Crippen molar-refractivity contribution in [3.05, 3.63) is 35.4 Å². The number of amides is 1. The molecule has 134 valence electrons. The van der Waals surface area contributed by atoms with Crippen LogP contribution < -0.4 is 5.11 Å². The van der Waals surface area contributed by atoms with Gasteiger partial charge in [0.05, 0.1) is 17.7 Å². The number of rotatable bonds is 2. The van der Waals surface area contributed by atoms with Gasteiger partial charge in [-0.1, -0.05) is 32.9 Å². The van der Waals surface area contributed by atoms with Crippen molar-refractivity contribution in [3.8, 4) is 0 Å². The topological polar surface area (TPSA) is 69.7 Å². The Balaban J connectivity index is 2.41.